The summed E-state index contributed by atoms with van der Waals surface area (Å²) in [5, 5.41) is 3.09. The van der Waals surface area contributed by atoms with E-state index in [9.17, 15) is 22.0 Å². The molecule has 1 heterocycles. The van der Waals surface area contributed by atoms with E-state index in [0.29, 0.717) is 25.1 Å². The highest BCUT2D eigenvalue weighted by atomic mass is 32.2. The van der Waals surface area contributed by atoms with E-state index in [2.05, 4.69) is 12.2 Å². The van der Waals surface area contributed by atoms with Gasteiger partial charge in [-0.05, 0) is 37.0 Å². The summed E-state index contributed by atoms with van der Waals surface area (Å²) in [5.74, 6) is -1.34. The van der Waals surface area contributed by atoms with Crippen LogP contribution in [0.4, 0.5) is 8.78 Å². The Bertz CT molecular complexity index is 811. The largest absolute Gasteiger partial charge is 0.352 e. The number of benzene rings is 1. The second kappa shape index (κ2) is 8.84. The van der Waals surface area contributed by atoms with Gasteiger partial charge in [-0.25, -0.2) is 17.2 Å². The molecule has 1 aromatic carbocycles. The molecule has 1 N–H and O–H groups in total. The molecular weight excluding hydrogens is 388 g/mol. The SMILES string of the molecule is C[C@@H]1CCCC[C@@H]1NC(=O)CN1CCN(S(=O)(=O)c2cc(F)ccc2F)CC1. The summed E-state index contributed by atoms with van der Waals surface area (Å²) in [5.41, 5.74) is 0. The quantitative estimate of drug-likeness (QED) is 0.798. The van der Waals surface area contributed by atoms with Gasteiger partial charge >= 0.3 is 0 Å². The number of carbonyl (C=O) groups excluding carboxylic acids is 1. The van der Waals surface area contributed by atoms with Crippen LogP contribution < -0.4 is 5.32 Å². The van der Waals surface area contributed by atoms with Crippen LogP contribution in [-0.2, 0) is 14.8 Å². The van der Waals surface area contributed by atoms with Gasteiger partial charge in [0.25, 0.3) is 0 Å². The van der Waals surface area contributed by atoms with Gasteiger partial charge in [0.2, 0.25) is 15.9 Å². The molecular formula is C19H27F2N3O3S. The molecule has 9 heteroatoms. The molecule has 1 aromatic rings. The lowest BCUT2D eigenvalue weighted by Gasteiger charge is -2.34. The van der Waals surface area contributed by atoms with Crippen LogP contribution in [0.1, 0.15) is 32.6 Å². The van der Waals surface area contributed by atoms with Crippen LogP contribution in [0.15, 0.2) is 23.1 Å². The molecule has 1 aliphatic carbocycles. The first-order valence-corrected chi connectivity index (χ1v) is 11.2. The molecule has 0 spiro atoms. The number of rotatable bonds is 5. The lowest BCUT2D eigenvalue weighted by atomic mass is 9.86. The minimum Gasteiger partial charge on any atom is -0.352 e. The first-order chi connectivity index (χ1) is 13.3. The summed E-state index contributed by atoms with van der Waals surface area (Å²) in [6.07, 6.45) is 4.45. The van der Waals surface area contributed by atoms with E-state index < -0.39 is 26.6 Å². The lowest BCUT2D eigenvalue weighted by Crippen LogP contribution is -2.52. The zero-order chi connectivity index (χ0) is 20.3. The topological polar surface area (TPSA) is 69.7 Å². The summed E-state index contributed by atoms with van der Waals surface area (Å²) in [6, 6.07) is 2.61. The summed E-state index contributed by atoms with van der Waals surface area (Å²) in [7, 11) is -4.11. The van der Waals surface area contributed by atoms with Crippen molar-refractivity contribution in [2.75, 3.05) is 32.7 Å². The third kappa shape index (κ3) is 4.87. The van der Waals surface area contributed by atoms with Gasteiger partial charge in [-0.15, -0.1) is 0 Å². The molecule has 2 atom stereocenters. The van der Waals surface area contributed by atoms with Crippen molar-refractivity contribution in [3.63, 3.8) is 0 Å². The molecule has 0 aromatic heterocycles. The predicted molar refractivity (Wildman–Crippen MR) is 101 cm³/mol. The van der Waals surface area contributed by atoms with Crippen molar-refractivity contribution in [3.8, 4) is 0 Å². The monoisotopic (exact) mass is 415 g/mol. The van der Waals surface area contributed by atoms with Gasteiger partial charge in [0, 0.05) is 32.2 Å². The summed E-state index contributed by atoms with van der Waals surface area (Å²) < 4.78 is 53.6. The van der Waals surface area contributed by atoms with Crippen LogP contribution in [0, 0.1) is 17.6 Å². The highest BCUT2D eigenvalue weighted by molar-refractivity contribution is 7.89. The van der Waals surface area contributed by atoms with E-state index in [1.54, 1.807) is 0 Å². The van der Waals surface area contributed by atoms with Crippen LogP contribution in [0.5, 0.6) is 0 Å². The van der Waals surface area contributed by atoms with Gasteiger partial charge in [0.05, 0.1) is 6.54 Å². The normalized spacial score (nSPS) is 24.8. The Kier molecular flexibility index (Phi) is 6.67. The van der Waals surface area contributed by atoms with Gasteiger partial charge in [0.1, 0.15) is 16.5 Å². The molecule has 3 rings (SSSR count). The summed E-state index contributed by atoms with van der Waals surface area (Å²) in [6.45, 7) is 3.36. The fourth-order valence-corrected chi connectivity index (χ4v) is 5.43. The Balaban J connectivity index is 1.54. The average Bonchev–Trinajstić information content (AvgIpc) is 2.66. The number of sulfonamides is 1. The van der Waals surface area contributed by atoms with Crippen molar-refractivity contribution in [1.29, 1.82) is 0 Å². The van der Waals surface area contributed by atoms with Gasteiger partial charge < -0.3 is 5.32 Å². The minimum atomic E-state index is -4.11. The molecule has 1 aliphatic heterocycles. The molecule has 2 aliphatic rings. The smallest absolute Gasteiger partial charge is 0.246 e. The fraction of sp³-hybridized carbons (Fsp3) is 0.632. The van der Waals surface area contributed by atoms with Gasteiger partial charge in [-0.1, -0.05) is 19.8 Å². The molecule has 2 fully saturated rings. The highest BCUT2D eigenvalue weighted by Crippen LogP contribution is 2.24. The molecule has 1 saturated heterocycles. The number of nitrogens with zero attached hydrogens (tertiary/aromatic N) is 2. The first-order valence-electron chi connectivity index (χ1n) is 9.74. The summed E-state index contributed by atoms with van der Waals surface area (Å²) >= 11 is 0. The Morgan fingerprint density at radius 2 is 1.82 bits per heavy atom. The number of hydrogen-bond acceptors (Lipinski definition) is 4. The van der Waals surface area contributed by atoms with E-state index >= 15 is 0 Å². The number of hydrogen-bond donors (Lipinski definition) is 1. The maximum absolute atomic E-state index is 13.9. The molecule has 156 valence electrons. The molecule has 0 unspecified atom stereocenters. The van der Waals surface area contributed by atoms with Gasteiger partial charge in [-0.2, -0.15) is 4.31 Å². The van der Waals surface area contributed by atoms with Crippen LogP contribution in [0.25, 0.3) is 0 Å². The van der Waals surface area contributed by atoms with Crippen LogP contribution in [0.2, 0.25) is 0 Å². The molecule has 1 saturated carbocycles. The van der Waals surface area contributed by atoms with Crippen LogP contribution >= 0.6 is 0 Å². The molecule has 6 nitrogen and oxygen atoms in total. The second-order valence-corrected chi connectivity index (χ2v) is 9.60. The third-order valence-electron chi connectivity index (χ3n) is 5.67. The van der Waals surface area contributed by atoms with Crippen molar-refractivity contribution in [3.05, 3.63) is 29.8 Å². The van der Waals surface area contributed by atoms with Crippen molar-refractivity contribution in [2.45, 2.75) is 43.5 Å². The van der Waals surface area contributed by atoms with E-state index in [1.807, 2.05) is 4.90 Å². The maximum atomic E-state index is 13.9. The number of piperazine rings is 1. The Morgan fingerprint density at radius 1 is 1.14 bits per heavy atom. The van der Waals surface area contributed by atoms with E-state index in [0.717, 1.165) is 35.7 Å². The maximum Gasteiger partial charge on any atom is 0.246 e. The minimum absolute atomic E-state index is 0.0498. The van der Waals surface area contributed by atoms with Crippen molar-refractivity contribution in [2.24, 2.45) is 5.92 Å². The van der Waals surface area contributed by atoms with E-state index in [-0.39, 0.29) is 31.6 Å². The average molecular weight is 416 g/mol. The number of amides is 1. The Hall–Kier alpha value is -1.58. The van der Waals surface area contributed by atoms with Crippen molar-refractivity contribution >= 4 is 15.9 Å². The first kappa shape index (κ1) is 21.1. The predicted octanol–water partition coefficient (Wildman–Crippen LogP) is 1.97. The molecule has 28 heavy (non-hydrogen) atoms. The fourth-order valence-electron chi connectivity index (χ4n) is 3.93. The zero-order valence-corrected chi connectivity index (χ0v) is 16.9. The highest BCUT2D eigenvalue weighted by Gasteiger charge is 2.32. The van der Waals surface area contributed by atoms with Crippen molar-refractivity contribution in [1.82, 2.24) is 14.5 Å². The number of carbonyl (C=O) groups is 1. The molecule has 0 radical (unpaired) electrons. The van der Waals surface area contributed by atoms with Crippen molar-refractivity contribution < 1.29 is 22.0 Å². The van der Waals surface area contributed by atoms with E-state index in [1.165, 1.54) is 6.42 Å². The van der Waals surface area contributed by atoms with Gasteiger partial charge in [0.15, 0.2) is 0 Å². The van der Waals surface area contributed by atoms with Crippen LogP contribution in [-0.4, -0.2) is 62.3 Å². The molecule has 1 amide bonds. The lowest BCUT2D eigenvalue weighted by molar-refractivity contribution is -0.123. The third-order valence-corrected chi connectivity index (χ3v) is 7.58. The van der Waals surface area contributed by atoms with E-state index in [4.69, 9.17) is 0 Å². The Morgan fingerprint density at radius 3 is 2.50 bits per heavy atom. The molecule has 0 bridgehead atoms. The number of halogens is 2. The summed E-state index contributed by atoms with van der Waals surface area (Å²) in [4.78, 5) is 13.6. The van der Waals surface area contributed by atoms with Gasteiger partial charge in [-0.3, -0.25) is 9.69 Å². The Labute approximate surface area is 164 Å². The standard InChI is InChI=1S/C19H27F2N3O3S/c1-14-4-2-3-5-17(14)22-19(25)13-23-8-10-24(11-9-23)28(26,27)18-12-15(20)6-7-16(18)21/h6-7,12,14,17H,2-5,8-11,13H2,1H3,(H,22,25)/t14-,17+/m1/s1. The number of nitrogens with one attached hydrogen (secondary N) is 1. The second-order valence-electron chi connectivity index (χ2n) is 7.69. The zero-order valence-electron chi connectivity index (χ0n) is 16.0. The van der Waals surface area contributed by atoms with Crippen LogP contribution in [0.3, 0.4) is 0 Å².